The van der Waals surface area contributed by atoms with Crippen LogP contribution < -0.4 is 0 Å². The minimum absolute atomic E-state index is 0.317. The molecular formula is C19H32S. The van der Waals surface area contributed by atoms with Crippen molar-refractivity contribution in [3.05, 3.63) is 28.8 Å². The van der Waals surface area contributed by atoms with Crippen molar-refractivity contribution in [3.63, 3.8) is 0 Å². The maximum atomic E-state index is 2.44. The predicted molar refractivity (Wildman–Crippen MR) is 94.1 cm³/mol. The van der Waals surface area contributed by atoms with E-state index in [1.165, 1.54) is 35.3 Å². The summed E-state index contributed by atoms with van der Waals surface area (Å²) in [6.45, 7) is 18.5. The summed E-state index contributed by atoms with van der Waals surface area (Å²) in [6, 6.07) is 4.85. The van der Waals surface area contributed by atoms with Gasteiger partial charge in [-0.05, 0) is 61.3 Å². The van der Waals surface area contributed by atoms with Gasteiger partial charge in [-0.15, -0.1) is 11.8 Å². The highest BCUT2D eigenvalue weighted by atomic mass is 32.2. The van der Waals surface area contributed by atoms with Crippen LogP contribution in [0.1, 0.15) is 77.5 Å². The molecule has 1 heteroatoms. The van der Waals surface area contributed by atoms with Gasteiger partial charge in [0.1, 0.15) is 0 Å². The molecule has 0 bridgehead atoms. The molecule has 0 aliphatic rings. The molecular weight excluding hydrogens is 260 g/mol. The van der Waals surface area contributed by atoms with Gasteiger partial charge >= 0.3 is 0 Å². The van der Waals surface area contributed by atoms with E-state index in [0.717, 1.165) is 0 Å². The van der Waals surface area contributed by atoms with E-state index in [9.17, 15) is 0 Å². The third kappa shape index (κ3) is 3.81. The molecule has 0 aliphatic heterocycles. The average molecular weight is 293 g/mol. The van der Waals surface area contributed by atoms with Gasteiger partial charge in [-0.25, -0.2) is 0 Å². The molecule has 0 aromatic heterocycles. The summed E-state index contributed by atoms with van der Waals surface area (Å²) < 4.78 is 0.317. The predicted octanol–water partition coefficient (Wildman–Crippen LogP) is 6.66. The van der Waals surface area contributed by atoms with Gasteiger partial charge in [-0.3, -0.25) is 0 Å². The molecule has 0 N–H and O–H groups in total. The Morgan fingerprint density at radius 3 is 1.85 bits per heavy atom. The first kappa shape index (κ1) is 17.6. The van der Waals surface area contributed by atoms with Crippen molar-refractivity contribution >= 4 is 11.8 Å². The van der Waals surface area contributed by atoms with Crippen LogP contribution in [-0.2, 0) is 5.41 Å². The van der Waals surface area contributed by atoms with Crippen molar-refractivity contribution < 1.29 is 0 Å². The smallest absolute Gasteiger partial charge is 0.0148 e. The van der Waals surface area contributed by atoms with Crippen LogP contribution >= 0.6 is 11.8 Å². The Labute approximate surface area is 130 Å². The maximum absolute atomic E-state index is 2.44. The lowest BCUT2D eigenvalue weighted by atomic mass is 9.75. The average Bonchev–Trinajstić information content (AvgIpc) is 2.41. The van der Waals surface area contributed by atoms with Gasteiger partial charge < -0.3 is 0 Å². The summed E-state index contributed by atoms with van der Waals surface area (Å²) in [5.74, 6) is 0. The normalized spacial score (nSPS) is 12.8. The number of hydrogen-bond acceptors (Lipinski definition) is 1. The molecule has 0 amide bonds. The number of thioether (sulfide) groups is 1. The molecule has 0 saturated heterocycles. The van der Waals surface area contributed by atoms with Crippen LogP contribution in [0.2, 0.25) is 0 Å². The number of rotatable bonds is 6. The quantitative estimate of drug-likeness (QED) is 0.528. The zero-order chi connectivity index (χ0) is 15.6. The first-order chi connectivity index (χ1) is 9.19. The van der Waals surface area contributed by atoms with Crippen molar-refractivity contribution in [2.45, 2.75) is 89.7 Å². The second kappa shape index (κ2) is 6.56. The van der Waals surface area contributed by atoms with E-state index < -0.39 is 0 Å². The van der Waals surface area contributed by atoms with E-state index in [-0.39, 0.29) is 0 Å². The van der Waals surface area contributed by atoms with Crippen LogP contribution in [0.5, 0.6) is 0 Å². The van der Waals surface area contributed by atoms with Crippen LogP contribution in [0.4, 0.5) is 0 Å². The fourth-order valence-corrected chi connectivity index (χ4v) is 3.75. The molecule has 0 spiro atoms. The van der Waals surface area contributed by atoms with Gasteiger partial charge in [-0.1, -0.05) is 47.6 Å². The van der Waals surface area contributed by atoms with Gasteiger partial charge in [0.25, 0.3) is 0 Å². The topological polar surface area (TPSA) is 0 Å². The second-order valence-corrected chi connectivity index (χ2v) is 8.66. The molecule has 0 aliphatic carbocycles. The molecule has 114 valence electrons. The lowest BCUT2D eigenvalue weighted by Crippen LogP contribution is -2.21. The van der Waals surface area contributed by atoms with E-state index in [0.29, 0.717) is 10.2 Å². The molecule has 0 fully saturated rings. The van der Waals surface area contributed by atoms with E-state index in [4.69, 9.17) is 0 Å². The van der Waals surface area contributed by atoms with Gasteiger partial charge in [0, 0.05) is 9.64 Å². The molecule has 0 radical (unpaired) electrons. The molecule has 0 nitrogen and oxygen atoms in total. The van der Waals surface area contributed by atoms with Crippen LogP contribution in [0.25, 0.3) is 0 Å². The Kier molecular flexibility index (Phi) is 5.78. The summed E-state index contributed by atoms with van der Waals surface area (Å²) in [6.07, 6.45) is 3.60. The van der Waals surface area contributed by atoms with E-state index in [1.54, 1.807) is 5.56 Å². The third-order valence-corrected chi connectivity index (χ3v) is 6.47. The summed E-state index contributed by atoms with van der Waals surface area (Å²) in [5.41, 5.74) is 4.75. The summed E-state index contributed by atoms with van der Waals surface area (Å²) >= 11 is 2.02. The highest BCUT2D eigenvalue weighted by Crippen LogP contribution is 2.40. The number of benzene rings is 1. The Morgan fingerprint density at radius 1 is 0.850 bits per heavy atom. The largest absolute Gasteiger partial charge is 0.120 e. The van der Waals surface area contributed by atoms with Crippen LogP contribution in [-0.4, -0.2) is 4.75 Å². The number of hydrogen-bond donors (Lipinski definition) is 0. The van der Waals surface area contributed by atoms with Gasteiger partial charge in [-0.2, -0.15) is 0 Å². The monoisotopic (exact) mass is 292 g/mol. The Morgan fingerprint density at radius 2 is 1.40 bits per heavy atom. The SMILES string of the molecule is CCC(C)(C)Sc1cc(C)c(C(C)(CC)CC)cc1C. The summed E-state index contributed by atoms with van der Waals surface area (Å²) in [7, 11) is 0. The third-order valence-electron chi connectivity index (χ3n) is 4.97. The van der Waals surface area contributed by atoms with Crippen molar-refractivity contribution in [3.8, 4) is 0 Å². The Bertz CT molecular complexity index is 453. The van der Waals surface area contributed by atoms with E-state index >= 15 is 0 Å². The van der Waals surface area contributed by atoms with Crippen molar-refractivity contribution in [1.29, 1.82) is 0 Å². The zero-order valence-electron chi connectivity index (χ0n) is 14.7. The molecule has 1 aromatic carbocycles. The lowest BCUT2D eigenvalue weighted by Gasteiger charge is -2.31. The number of aryl methyl sites for hydroxylation is 2. The minimum Gasteiger partial charge on any atom is -0.120 e. The first-order valence-electron chi connectivity index (χ1n) is 7.99. The molecule has 0 saturated carbocycles. The molecule has 0 heterocycles. The molecule has 0 atom stereocenters. The lowest BCUT2D eigenvalue weighted by molar-refractivity contribution is 0.436. The van der Waals surface area contributed by atoms with Crippen LogP contribution in [0.15, 0.2) is 17.0 Å². The maximum Gasteiger partial charge on any atom is 0.0148 e. The summed E-state index contributed by atoms with van der Waals surface area (Å²) in [4.78, 5) is 1.45. The highest BCUT2D eigenvalue weighted by molar-refractivity contribution is 8.00. The first-order valence-corrected chi connectivity index (χ1v) is 8.81. The summed E-state index contributed by atoms with van der Waals surface area (Å²) in [5, 5.41) is 0. The molecule has 1 aromatic rings. The van der Waals surface area contributed by atoms with Crippen LogP contribution in [0, 0.1) is 13.8 Å². The fourth-order valence-electron chi connectivity index (χ4n) is 2.55. The Balaban J connectivity index is 3.22. The molecule has 1 rings (SSSR count). The van der Waals surface area contributed by atoms with Crippen molar-refractivity contribution in [2.75, 3.05) is 0 Å². The van der Waals surface area contributed by atoms with Gasteiger partial charge in [0.2, 0.25) is 0 Å². The van der Waals surface area contributed by atoms with Crippen LogP contribution in [0.3, 0.4) is 0 Å². The van der Waals surface area contributed by atoms with Gasteiger partial charge in [0.15, 0.2) is 0 Å². The highest BCUT2D eigenvalue weighted by Gasteiger charge is 2.26. The second-order valence-electron chi connectivity index (χ2n) is 6.92. The van der Waals surface area contributed by atoms with Crippen molar-refractivity contribution in [1.82, 2.24) is 0 Å². The van der Waals surface area contributed by atoms with Crippen molar-refractivity contribution in [2.24, 2.45) is 0 Å². The molecule has 0 unspecified atom stereocenters. The van der Waals surface area contributed by atoms with E-state index in [1.807, 2.05) is 11.8 Å². The standard InChI is InChI=1S/C19H32S/c1-9-18(6,7)20-17-13-14(4)16(12-15(17)5)19(8,10-2)11-3/h12-13H,9-11H2,1-8H3. The minimum atomic E-state index is 0.317. The molecule has 20 heavy (non-hydrogen) atoms. The van der Waals surface area contributed by atoms with Gasteiger partial charge in [0.05, 0.1) is 0 Å². The zero-order valence-corrected chi connectivity index (χ0v) is 15.5. The fraction of sp³-hybridized carbons (Fsp3) is 0.684. The van der Waals surface area contributed by atoms with E-state index in [2.05, 4.69) is 67.5 Å². The Hall–Kier alpha value is -0.430.